The van der Waals surface area contributed by atoms with E-state index < -0.39 is 0 Å². The minimum atomic E-state index is 0.924. The first-order chi connectivity index (χ1) is 15.3. The minimum absolute atomic E-state index is 0.924. The molecule has 0 N–H and O–H groups in total. The van der Waals surface area contributed by atoms with Crippen LogP contribution in [-0.2, 0) is 7.05 Å². The van der Waals surface area contributed by atoms with Gasteiger partial charge in [0.05, 0.1) is 15.2 Å². The maximum atomic E-state index is 5.06. The largest absolute Gasteiger partial charge is 0.378 e. The van der Waals surface area contributed by atoms with Crippen molar-refractivity contribution in [1.82, 2.24) is 9.55 Å². The maximum Gasteiger partial charge on any atom is 0.133 e. The third-order valence-electron chi connectivity index (χ3n) is 5.43. The average molecular weight is 508 g/mol. The molecular weight excluding hydrogens is 480 g/mol. The molecule has 6 heteroatoms. The Labute approximate surface area is 202 Å². The number of nitrogens with zero attached hydrogens (tertiary/aromatic N) is 4. The molecule has 0 aliphatic rings. The Kier molecular flexibility index (Phi) is 6.53. The first kappa shape index (κ1) is 22.4. The van der Waals surface area contributed by atoms with Gasteiger partial charge in [-0.2, -0.15) is 0 Å². The third kappa shape index (κ3) is 4.66. The van der Waals surface area contributed by atoms with Crippen LogP contribution in [0.3, 0.4) is 0 Å². The molecule has 0 saturated heterocycles. The van der Waals surface area contributed by atoms with Gasteiger partial charge < -0.3 is 14.4 Å². The van der Waals surface area contributed by atoms with Gasteiger partial charge in [0.1, 0.15) is 5.82 Å². The number of halogens is 1. The second kappa shape index (κ2) is 9.35. The molecule has 0 unspecified atom stereocenters. The van der Waals surface area contributed by atoms with E-state index in [1.807, 2.05) is 0 Å². The van der Waals surface area contributed by atoms with Crippen LogP contribution in [-0.4, -0.2) is 37.7 Å². The van der Waals surface area contributed by atoms with Crippen LogP contribution in [0.15, 0.2) is 64.5 Å². The van der Waals surface area contributed by atoms with Gasteiger partial charge in [0.2, 0.25) is 0 Å². The van der Waals surface area contributed by atoms with Crippen LogP contribution in [0.25, 0.3) is 34.7 Å². The molecule has 0 aliphatic heterocycles. The zero-order valence-electron chi connectivity index (χ0n) is 19.0. The molecule has 0 fully saturated rings. The number of rotatable bonds is 6. The number of thiophene rings is 1. The van der Waals surface area contributed by atoms with Crippen LogP contribution in [0.5, 0.6) is 0 Å². The van der Waals surface area contributed by atoms with Crippen LogP contribution in [0.2, 0.25) is 0 Å². The number of hydrogen-bond acceptors (Lipinski definition) is 4. The summed E-state index contributed by atoms with van der Waals surface area (Å²) >= 11 is 5.25. The van der Waals surface area contributed by atoms with Crippen molar-refractivity contribution < 1.29 is 0 Å². The van der Waals surface area contributed by atoms with Gasteiger partial charge in [-0.15, -0.1) is 11.3 Å². The summed E-state index contributed by atoms with van der Waals surface area (Å²) in [6.45, 7) is 0. The number of benzene rings is 2. The van der Waals surface area contributed by atoms with Gasteiger partial charge in [-0.1, -0.05) is 24.3 Å². The van der Waals surface area contributed by atoms with Gasteiger partial charge >= 0.3 is 0 Å². The van der Waals surface area contributed by atoms with Crippen LogP contribution in [0, 0.1) is 0 Å². The summed E-state index contributed by atoms with van der Waals surface area (Å²) in [5.74, 6) is 0.924. The molecule has 32 heavy (non-hydrogen) atoms. The number of anilines is 2. The van der Waals surface area contributed by atoms with Crippen LogP contribution >= 0.6 is 27.3 Å². The molecule has 0 amide bonds. The number of aromatic nitrogens is 2. The SMILES string of the molecule is CN(C)c1ccc(-c2nc(/C=C/c3ccc(Br)s3)n(C)c2-c2ccc(N(C)C)cc2)cc1. The average Bonchev–Trinajstić information content (AvgIpc) is 3.35. The maximum absolute atomic E-state index is 5.06. The van der Waals surface area contributed by atoms with E-state index >= 15 is 0 Å². The Hall–Kier alpha value is -2.83. The summed E-state index contributed by atoms with van der Waals surface area (Å²) in [6.07, 6.45) is 4.21. The fraction of sp³-hybridized carbons (Fsp3) is 0.192. The van der Waals surface area contributed by atoms with E-state index in [9.17, 15) is 0 Å². The van der Waals surface area contributed by atoms with Crippen molar-refractivity contribution >= 4 is 50.8 Å². The van der Waals surface area contributed by atoms with Crippen LogP contribution < -0.4 is 9.80 Å². The van der Waals surface area contributed by atoms with Gasteiger partial charge in [0.25, 0.3) is 0 Å². The molecule has 4 rings (SSSR count). The normalized spacial score (nSPS) is 11.3. The predicted octanol–water partition coefficient (Wildman–Crippen LogP) is 6.88. The molecule has 0 saturated carbocycles. The first-order valence-corrected chi connectivity index (χ1v) is 12.0. The van der Waals surface area contributed by atoms with Crippen molar-refractivity contribution in [2.45, 2.75) is 0 Å². The Morgan fingerprint density at radius 1 is 0.781 bits per heavy atom. The van der Waals surface area contributed by atoms with E-state index in [1.165, 1.54) is 16.3 Å². The van der Waals surface area contributed by atoms with Gasteiger partial charge in [-0.25, -0.2) is 4.98 Å². The molecule has 2 aromatic carbocycles. The molecular formula is C26H27BrN4S. The first-order valence-electron chi connectivity index (χ1n) is 10.4. The minimum Gasteiger partial charge on any atom is -0.378 e. The fourth-order valence-corrected chi connectivity index (χ4v) is 4.93. The Balaban J connectivity index is 1.81. The van der Waals surface area contributed by atoms with Crippen molar-refractivity contribution in [3.8, 4) is 22.5 Å². The number of imidazole rings is 1. The lowest BCUT2D eigenvalue weighted by atomic mass is 10.0. The van der Waals surface area contributed by atoms with Crippen molar-refractivity contribution in [3.05, 3.63) is 75.2 Å². The van der Waals surface area contributed by atoms with E-state index in [0.717, 1.165) is 32.1 Å². The quantitative estimate of drug-likeness (QED) is 0.284. The second-order valence-electron chi connectivity index (χ2n) is 8.08. The molecule has 4 aromatic rings. The van der Waals surface area contributed by atoms with E-state index in [0.29, 0.717) is 0 Å². The summed E-state index contributed by atoms with van der Waals surface area (Å²) in [7, 11) is 10.3. The topological polar surface area (TPSA) is 24.3 Å². The monoisotopic (exact) mass is 506 g/mol. The van der Waals surface area contributed by atoms with Crippen LogP contribution in [0.4, 0.5) is 11.4 Å². The highest BCUT2D eigenvalue weighted by molar-refractivity contribution is 9.11. The highest BCUT2D eigenvalue weighted by Crippen LogP contribution is 2.34. The molecule has 164 valence electrons. The van der Waals surface area contributed by atoms with Crippen LogP contribution in [0.1, 0.15) is 10.7 Å². The highest BCUT2D eigenvalue weighted by Gasteiger charge is 2.17. The molecule has 0 atom stereocenters. The van der Waals surface area contributed by atoms with Gasteiger partial charge in [-0.3, -0.25) is 0 Å². The van der Waals surface area contributed by atoms with Crippen molar-refractivity contribution in [1.29, 1.82) is 0 Å². The van der Waals surface area contributed by atoms with Crippen molar-refractivity contribution in [2.75, 3.05) is 38.0 Å². The Morgan fingerprint density at radius 3 is 1.84 bits per heavy atom. The van der Waals surface area contributed by atoms with Gasteiger partial charge in [0, 0.05) is 62.6 Å². The summed E-state index contributed by atoms with van der Waals surface area (Å²) in [4.78, 5) is 10.5. The lowest BCUT2D eigenvalue weighted by molar-refractivity contribution is 0.906. The standard InChI is InChI=1S/C26H27BrN4S/c1-29(2)20-10-6-18(7-11-20)25-26(19-8-12-21(13-9-19)30(3)4)31(5)24(28-25)17-15-22-14-16-23(27)32-22/h6-17H,1-5H3/b17-15+. The molecule has 0 aliphatic carbocycles. The highest BCUT2D eigenvalue weighted by atomic mass is 79.9. The molecule has 0 radical (unpaired) electrons. The summed E-state index contributed by atoms with van der Waals surface area (Å²) < 4.78 is 3.30. The third-order valence-corrected chi connectivity index (χ3v) is 7.02. The molecule has 0 spiro atoms. The van der Waals surface area contributed by atoms with Crippen molar-refractivity contribution in [3.63, 3.8) is 0 Å². The van der Waals surface area contributed by atoms with Gasteiger partial charge in [0.15, 0.2) is 0 Å². The van der Waals surface area contributed by atoms with Gasteiger partial charge in [-0.05, 0) is 64.5 Å². The molecule has 2 aromatic heterocycles. The summed E-state index contributed by atoms with van der Waals surface area (Å²) in [5.41, 5.74) is 6.70. The Bertz CT molecular complexity index is 1230. The van der Waals surface area contributed by atoms with E-state index in [1.54, 1.807) is 11.3 Å². The smallest absolute Gasteiger partial charge is 0.133 e. The van der Waals surface area contributed by atoms with E-state index in [4.69, 9.17) is 4.98 Å². The molecule has 4 nitrogen and oxygen atoms in total. The zero-order chi connectivity index (χ0) is 22.8. The lowest BCUT2D eigenvalue weighted by Gasteiger charge is -2.14. The zero-order valence-corrected chi connectivity index (χ0v) is 21.4. The van der Waals surface area contributed by atoms with E-state index in [2.05, 4.69) is 138 Å². The fourth-order valence-electron chi connectivity index (χ4n) is 3.61. The molecule has 2 heterocycles. The van der Waals surface area contributed by atoms with E-state index in [-0.39, 0.29) is 0 Å². The Morgan fingerprint density at radius 2 is 1.34 bits per heavy atom. The second-order valence-corrected chi connectivity index (χ2v) is 10.6. The molecule has 0 bridgehead atoms. The number of hydrogen-bond donors (Lipinski definition) is 0. The summed E-state index contributed by atoms with van der Waals surface area (Å²) in [5, 5.41) is 0. The summed E-state index contributed by atoms with van der Waals surface area (Å²) in [6, 6.07) is 21.4. The lowest BCUT2D eigenvalue weighted by Crippen LogP contribution is -2.08. The van der Waals surface area contributed by atoms with Crippen molar-refractivity contribution in [2.24, 2.45) is 7.05 Å². The predicted molar refractivity (Wildman–Crippen MR) is 144 cm³/mol.